The van der Waals surface area contributed by atoms with Crippen molar-refractivity contribution in [2.75, 3.05) is 47.1 Å². The molecule has 0 aromatic carbocycles. The second kappa shape index (κ2) is 22.1. The number of nitrogens with one attached hydrogen (secondary N) is 4. The molecule has 0 spiro atoms. The fourth-order valence-corrected chi connectivity index (χ4v) is 7.17. The predicted molar refractivity (Wildman–Crippen MR) is 189 cm³/mol. The fraction of sp³-hybridized carbons (Fsp3) is 0.806. The van der Waals surface area contributed by atoms with E-state index in [1.54, 1.807) is 0 Å². The van der Waals surface area contributed by atoms with E-state index >= 15 is 0 Å². The molecular formula is C31H54N5O14PS. The smallest absolute Gasteiger partial charge is 0.330 e. The molecule has 0 saturated carbocycles. The summed E-state index contributed by atoms with van der Waals surface area (Å²) in [6.07, 6.45) is 0.0629. The van der Waals surface area contributed by atoms with E-state index in [0.29, 0.717) is 32.4 Å². The first-order valence-corrected chi connectivity index (χ1v) is 20.0. The van der Waals surface area contributed by atoms with E-state index in [4.69, 9.17) is 39.8 Å². The van der Waals surface area contributed by atoms with Gasteiger partial charge in [-0.2, -0.15) is 0 Å². The largest absolute Gasteiger partial charge is 0.394 e. The summed E-state index contributed by atoms with van der Waals surface area (Å²) in [6, 6.07) is -0.0772. The van der Waals surface area contributed by atoms with Crippen molar-refractivity contribution in [2.24, 2.45) is 5.92 Å². The number of amides is 3. The summed E-state index contributed by atoms with van der Waals surface area (Å²) in [6.45, 7) is -1.67. The van der Waals surface area contributed by atoms with Gasteiger partial charge in [0.1, 0.15) is 42.8 Å². The molecule has 298 valence electrons. The summed E-state index contributed by atoms with van der Waals surface area (Å²) in [7, 11) is 2.75. The Morgan fingerprint density at radius 1 is 1.00 bits per heavy atom. The Bertz CT molecular complexity index is 1420. The number of urea groups is 1. The lowest BCUT2D eigenvalue weighted by atomic mass is 9.93. The summed E-state index contributed by atoms with van der Waals surface area (Å²) < 4.78 is 34.8. The molecule has 10 atom stereocenters. The summed E-state index contributed by atoms with van der Waals surface area (Å²) >= 11 is 5.11. The van der Waals surface area contributed by atoms with Crippen molar-refractivity contribution in [1.29, 1.82) is 0 Å². The van der Waals surface area contributed by atoms with Crippen molar-refractivity contribution in [2.45, 2.75) is 107 Å². The molecule has 2 fully saturated rings. The third-order valence-electron chi connectivity index (χ3n) is 8.80. The van der Waals surface area contributed by atoms with Crippen molar-refractivity contribution < 1.29 is 57.8 Å². The Labute approximate surface area is 306 Å². The molecule has 21 heteroatoms. The van der Waals surface area contributed by atoms with E-state index in [1.807, 2.05) is 0 Å². The molecule has 52 heavy (non-hydrogen) atoms. The number of rotatable bonds is 22. The zero-order valence-corrected chi connectivity index (χ0v) is 31.4. The van der Waals surface area contributed by atoms with Gasteiger partial charge in [-0.05, 0) is 37.5 Å². The highest BCUT2D eigenvalue weighted by atomic mass is 32.5. The number of nitrogens with zero attached hydrogens (tertiary/aromatic N) is 1. The number of aromatic amines is 1. The first kappa shape index (κ1) is 44.1. The monoisotopic (exact) mass is 783 g/mol. The van der Waals surface area contributed by atoms with Gasteiger partial charge in [0, 0.05) is 59.0 Å². The van der Waals surface area contributed by atoms with Gasteiger partial charge >= 0.3 is 18.4 Å². The van der Waals surface area contributed by atoms with Gasteiger partial charge in [-0.15, -0.1) is 0 Å². The molecule has 3 heterocycles. The molecule has 0 bridgehead atoms. The molecule has 3 rings (SSSR count). The van der Waals surface area contributed by atoms with Gasteiger partial charge in [-0.3, -0.25) is 19.1 Å². The molecule has 2 aliphatic heterocycles. The lowest BCUT2D eigenvalue weighted by Crippen LogP contribution is -2.64. The van der Waals surface area contributed by atoms with Crippen LogP contribution in [0.1, 0.15) is 64.5 Å². The Morgan fingerprint density at radius 3 is 2.31 bits per heavy atom. The quantitative estimate of drug-likeness (QED) is 0.0536. The number of H-pyrrole nitrogens is 1. The van der Waals surface area contributed by atoms with Crippen molar-refractivity contribution in [3.05, 3.63) is 33.1 Å². The van der Waals surface area contributed by atoms with Crippen molar-refractivity contribution in [1.82, 2.24) is 25.5 Å². The molecule has 1 aromatic rings. The molecule has 1 aromatic heterocycles. The lowest BCUT2D eigenvalue weighted by Gasteiger charge is -2.42. The molecule has 0 radical (unpaired) electrons. The van der Waals surface area contributed by atoms with Crippen LogP contribution >= 0.6 is 6.72 Å². The van der Waals surface area contributed by atoms with E-state index in [-0.39, 0.29) is 19.2 Å². The number of aliphatic hydroxyl groups excluding tert-OH is 3. The van der Waals surface area contributed by atoms with E-state index < -0.39 is 85.5 Å². The van der Waals surface area contributed by atoms with Crippen LogP contribution in [0.3, 0.4) is 0 Å². The number of hydrogen-bond donors (Lipinski definition) is 8. The van der Waals surface area contributed by atoms with E-state index in [1.165, 1.54) is 38.0 Å². The van der Waals surface area contributed by atoms with Gasteiger partial charge in [0.15, 0.2) is 6.29 Å². The van der Waals surface area contributed by atoms with Crippen LogP contribution in [0, 0.1) is 5.92 Å². The normalized spacial score (nSPS) is 28.6. The zero-order chi connectivity index (χ0) is 38.3. The second-order valence-electron chi connectivity index (χ2n) is 12.7. The first-order valence-electron chi connectivity index (χ1n) is 17.4. The molecule has 19 nitrogen and oxygen atoms in total. The van der Waals surface area contributed by atoms with Gasteiger partial charge in [0.05, 0.1) is 13.2 Å². The molecule has 2 unspecified atom stereocenters. The third kappa shape index (κ3) is 13.5. The van der Waals surface area contributed by atoms with Crippen LogP contribution < -0.4 is 27.2 Å². The van der Waals surface area contributed by atoms with Crippen LogP contribution in [-0.2, 0) is 44.6 Å². The lowest BCUT2D eigenvalue weighted by molar-refractivity contribution is -0.270. The highest BCUT2D eigenvalue weighted by Crippen LogP contribution is 2.50. The summed E-state index contributed by atoms with van der Waals surface area (Å²) in [4.78, 5) is 60.7. The SMILES string of the molecule is COC[C@H]1O[C@@H](n2ccc(=O)[nH]c2=O)[C@@H](CCCCCCCNC(=O)NCCCCO[C@@H]2O[C@H](CO)[C@H](O)[C@H](O)[C@H]2NC(C)=O)C1OP(O)(=S)OC. The van der Waals surface area contributed by atoms with E-state index in [0.717, 1.165) is 32.1 Å². The molecule has 2 aliphatic rings. The number of aliphatic hydroxyl groups is 3. The Kier molecular flexibility index (Phi) is 18.8. The van der Waals surface area contributed by atoms with Crippen LogP contribution in [0.2, 0.25) is 0 Å². The van der Waals surface area contributed by atoms with E-state index in [2.05, 4.69) is 20.9 Å². The Morgan fingerprint density at radius 2 is 1.67 bits per heavy atom. The van der Waals surface area contributed by atoms with E-state index in [9.17, 15) is 39.4 Å². The zero-order valence-electron chi connectivity index (χ0n) is 29.7. The minimum atomic E-state index is -3.59. The molecule has 0 aliphatic carbocycles. The number of carbonyl (C=O) groups excluding carboxylic acids is 2. The third-order valence-corrected chi connectivity index (χ3v) is 10.5. The van der Waals surface area contributed by atoms with Crippen LogP contribution in [0.25, 0.3) is 0 Å². The predicted octanol–water partition coefficient (Wildman–Crippen LogP) is -0.675. The highest BCUT2D eigenvalue weighted by molar-refractivity contribution is 8.07. The summed E-state index contributed by atoms with van der Waals surface area (Å²) in [5.74, 6) is -0.847. The van der Waals surface area contributed by atoms with Gasteiger partial charge in [-0.25, -0.2) is 9.59 Å². The minimum absolute atomic E-state index is 0.117. The minimum Gasteiger partial charge on any atom is -0.394 e. The van der Waals surface area contributed by atoms with Crippen LogP contribution in [-0.4, -0.2) is 132 Å². The number of methoxy groups -OCH3 is 1. The number of ether oxygens (including phenoxy) is 4. The van der Waals surface area contributed by atoms with Crippen LogP contribution in [0.15, 0.2) is 21.9 Å². The Balaban J connectivity index is 1.34. The van der Waals surface area contributed by atoms with Crippen LogP contribution in [0.4, 0.5) is 4.79 Å². The summed E-state index contributed by atoms with van der Waals surface area (Å²) in [5.41, 5.74) is -1.17. The maximum absolute atomic E-state index is 12.6. The standard InChI is InChI=1S/C31H54N5O14PS/c1-19(38)34-24-26(41)25(40)21(17-37)49-29(24)47-16-10-9-14-33-30(42)32-13-8-6-4-5-7-11-20-27(50-51(44,52)46-3)22(18-45-2)48-28(20)36-15-12-23(39)35-31(36)43/h12,15,20-22,24-29,37,40-41H,4-11,13-14,16-18H2,1-3H3,(H,34,38)(H,44,52)(H2,32,33,42)(H,35,39,43)/t20-,21+,22+,24+,25-,26+,27?,28+,29+,51?/m0/s1. The Hall–Kier alpha value is -2.33. The van der Waals surface area contributed by atoms with Gasteiger partial charge < -0.3 is 64.2 Å². The summed E-state index contributed by atoms with van der Waals surface area (Å²) in [5, 5.41) is 38.0. The maximum atomic E-state index is 12.6. The number of carbonyl (C=O) groups is 2. The van der Waals surface area contributed by atoms with Crippen molar-refractivity contribution in [3.8, 4) is 0 Å². The molecule has 3 amide bonds. The molecule has 8 N–H and O–H groups in total. The number of hydrogen-bond acceptors (Lipinski definition) is 14. The van der Waals surface area contributed by atoms with Crippen molar-refractivity contribution >= 4 is 30.5 Å². The molecule has 2 saturated heterocycles. The fourth-order valence-electron chi connectivity index (χ4n) is 6.18. The van der Waals surface area contributed by atoms with Gasteiger partial charge in [-0.1, -0.05) is 25.7 Å². The number of unbranched alkanes of at least 4 members (excludes halogenated alkanes) is 5. The maximum Gasteiger partial charge on any atom is 0.330 e. The van der Waals surface area contributed by atoms with Crippen LogP contribution in [0.5, 0.6) is 0 Å². The molecular weight excluding hydrogens is 729 g/mol. The second-order valence-corrected chi connectivity index (χ2v) is 15.6. The van der Waals surface area contributed by atoms with Crippen molar-refractivity contribution in [3.63, 3.8) is 0 Å². The highest BCUT2D eigenvalue weighted by Gasteiger charge is 2.48. The van der Waals surface area contributed by atoms with Gasteiger partial charge in [0.25, 0.3) is 5.56 Å². The topological polar surface area (TPSA) is 261 Å². The first-order chi connectivity index (χ1) is 24.8. The number of aromatic nitrogens is 2. The average Bonchev–Trinajstić information content (AvgIpc) is 3.41. The average molecular weight is 784 g/mol. The van der Waals surface area contributed by atoms with Gasteiger partial charge in [0.2, 0.25) is 5.91 Å².